The number of benzene rings is 1. The van der Waals surface area contributed by atoms with Crippen LogP contribution in [0.2, 0.25) is 0 Å². The average Bonchev–Trinajstić information content (AvgIpc) is 2.39. The van der Waals surface area contributed by atoms with Crippen molar-refractivity contribution in [3.05, 3.63) is 27.7 Å². The van der Waals surface area contributed by atoms with Gasteiger partial charge in [-0.1, -0.05) is 55.0 Å². The molecule has 0 unspecified atom stereocenters. The number of ether oxygens (including phenoxy) is 1. The number of hydrogen-bond donors (Lipinski definition) is 1. The lowest BCUT2D eigenvalue weighted by molar-refractivity contribution is 0.259. The summed E-state index contributed by atoms with van der Waals surface area (Å²) in [7, 11) is 0. The lowest BCUT2D eigenvalue weighted by Gasteiger charge is -2.13. The molecule has 0 bridgehead atoms. The van der Waals surface area contributed by atoms with Gasteiger partial charge in [0.1, 0.15) is 5.75 Å². The summed E-state index contributed by atoms with van der Waals surface area (Å²) in [5.41, 5.74) is 1.93. The molecule has 0 fully saturated rings. The predicted octanol–water partition coefficient (Wildman–Crippen LogP) is 4.99. The van der Waals surface area contributed by atoms with Gasteiger partial charge in [0.2, 0.25) is 0 Å². The molecule has 0 aliphatic rings. The SMILES string of the molecule is CCCCCCCCOc1c(C)cc(Br)cc1CO. The Morgan fingerprint density at radius 2 is 1.79 bits per heavy atom. The lowest BCUT2D eigenvalue weighted by Crippen LogP contribution is -2.02. The van der Waals surface area contributed by atoms with Crippen LogP contribution in [-0.4, -0.2) is 11.7 Å². The Labute approximate surface area is 125 Å². The molecule has 0 heterocycles. The van der Waals surface area contributed by atoms with Crippen molar-refractivity contribution in [2.45, 2.75) is 59.0 Å². The van der Waals surface area contributed by atoms with Crippen molar-refractivity contribution in [2.75, 3.05) is 6.61 Å². The zero-order valence-corrected chi connectivity index (χ0v) is 13.6. The van der Waals surface area contributed by atoms with Crippen molar-refractivity contribution in [2.24, 2.45) is 0 Å². The van der Waals surface area contributed by atoms with Gasteiger partial charge in [0.15, 0.2) is 0 Å². The Bertz CT molecular complexity index is 377. The molecule has 0 atom stereocenters. The third kappa shape index (κ3) is 5.96. The molecule has 0 saturated heterocycles. The summed E-state index contributed by atoms with van der Waals surface area (Å²) >= 11 is 3.44. The van der Waals surface area contributed by atoms with Gasteiger partial charge in [-0.25, -0.2) is 0 Å². The predicted molar refractivity (Wildman–Crippen MR) is 83.7 cm³/mol. The van der Waals surface area contributed by atoms with Crippen LogP contribution >= 0.6 is 15.9 Å². The Kier molecular flexibility index (Phi) is 8.15. The normalized spacial score (nSPS) is 10.7. The van der Waals surface area contributed by atoms with Crippen molar-refractivity contribution >= 4 is 15.9 Å². The molecule has 19 heavy (non-hydrogen) atoms. The van der Waals surface area contributed by atoms with Gasteiger partial charge in [0, 0.05) is 10.0 Å². The molecule has 0 aliphatic heterocycles. The zero-order valence-electron chi connectivity index (χ0n) is 12.0. The molecule has 2 nitrogen and oxygen atoms in total. The van der Waals surface area contributed by atoms with Crippen LogP contribution in [0, 0.1) is 6.92 Å². The van der Waals surface area contributed by atoms with E-state index in [4.69, 9.17) is 4.74 Å². The second-order valence-corrected chi connectivity index (χ2v) is 5.90. The van der Waals surface area contributed by atoms with Crippen LogP contribution in [-0.2, 0) is 6.61 Å². The van der Waals surface area contributed by atoms with E-state index in [1.165, 1.54) is 32.1 Å². The summed E-state index contributed by atoms with van der Waals surface area (Å²) in [6.07, 6.45) is 7.56. The molecule has 3 heteroatoms. The third-order valence-electron chi connectivity index (χ3n) is 3.23. The van der Waals surface area contributed by atoms with Crippen LogP contribution in [0.4, 0.5) is 0 Å². The summed E-state index contributed by atoms with van der Waals surface area (Å²) in [5.74, 6) is 0.847. The van der Waals surface area contributed by atoms with Crippen molar-refractivity contribution in [1.29, 1.82) is 0 Å². The molecule has 0 spiro atoms. The maximum absolute atomic E-state index is 9.37. The van der Waals surface area contributed by atoms with Gasteiger partial charge in [-0.2, -0.15) is 0 Å². The fraction of sp³-hybridized carbons (Fsp3) is 0.625. The standard InChI is InChI=1S/C16H25BrO2/c1-3-4-5-6-7-8-9-19-16-13(2)10-15(17)11-14(16)12-18/h10-11,18H,3-9,12H2,1-2H3. The summed E-state index contributed by atoms with van der Waals surface area (Å²) in [6, 6.07) is 3.94. The first-order valence-electron chi connectivity index (χ1n) is 7.21. The number of rotatable bonds is 9. The molecular weight excluding hydrogens is 304 g/mol. The van der Waals surface area contributed by atoms with E-state index in [0.29, 0.717) is 0 Å². The summed E-state index contributed by atoms with van der Waals surface area (Å²) < 4.78 is 6.83. The Balaban J connectivity index is 2.36. The first-order chi connectivity index (χ1) is 9.19. The largest absolute Gasteiger partial charge is 0.493 e. The number of aryl methyl sites for hydroxylation is 1. The van der Waals surface area contributed by atoms with E-state index in [1.54, 1.807) is 0 Å². The maximum Gasteiger partial charge on any atom is 0.127 e. The first-order valence-corrected chi connectivity index (χ1v) is 8.01. The minimum absolute atomic E-state index is 0.0200. The van der Waals surface area contributed by atoms with Gasteiger partial charge in [0.25, 0.3) is 0 Å². The van der Waals surface area contributed by atoms with E-state index in [-0.39, 0.29) is 6.61 Å². The lowest BCUT2D eigenvalue weighted by atomic mass is 10.1. The summed E-state index contributed by atoms with van der Waals surface area (Å²) in [6.45, 7) is 5.00. The number of halogens is 1. The third-order valence-corrected chi connectivity index (χ3v) is 3.69. The monoisotopic (exact) mass is 328 g/mol. The highest BCUT2D eigenvalue weighted by Gasteiger charge is 2.08. The molecule has 0 aromatic heterocycles. The van der Waals surface area contributed by atoms with Crippen LogP contribution in [0.1, 0.15) is 56.6 Å². The molecule has 0 aliphatic carbocycles. The van der Waals surface area contributed by atoms with Gasteiger partial charge in [-0.3, -0.25) is 0 Å². The fourth-order valence-electron chi connectivity index (χ4n) is 2.18. The molecule has 1 aromatic carbocycles. The highest BCUT2D eigenvalue weighted by atomic mass is 79.9. The highest BCUT2D eigenvalue weighted by Crippen LogP contribution is 2.28. The first kappa shape index (κ1) is 16.5. The smallest absolute Gasteiger partial charge is 0.127 e. The van der Waals surface area contributed by atoms with Crippen molar-refractivity contribution in [3.8, 4) is 5.75 Å². The van der Waals surface area contributed by atoms with Crippen LogP contribution < -0.4 is 4.74 Å². The Morgan fingerprint density at radius 3 is 2.47 bits per heavy atom. The van der Waals surface area contributed by atoms with Gasteiger partial charge >= 0.3 is 0 Å². The van der Waals surface area contributed by atoms with Crippen molar-refractivity contribution in [3.63, 3.8) is 0 Å². The number of aliphatic hydroxyl groups is 1. The Hall–Kier alpha value is -0.540. The van der Waals surface area contributed by atoms with E-state index in [0.717, 1.165) is 34.4 Å². The van der Waals surface area contributed by atoms with Gasteiger partial charge < -0.3 is 9.84 Å². The minimum atomic E-state index is 0.0200. The van der Waals surface area contributed by atoms with Gasteiger partial charge in [-0.05, 0) is 31.0 Å². The summed E-state index contributed by atoms with van der Waals surface area (Å²) in [4.78, 5) is 0. The Morgan fingerprint density at radius 1 is 1.11 bits per heavy atom. The van der Waals surface area contributed by atoms with E-state index >= 15 is 0 Å². The van der Waals surface area contributed by atoms with E-state index in [9.17, 15) is 5.11 Å². The molecular formula is C16H25BrO2. The maximum atomic E-state index is 9.37. The number of unbranched alkanes of at least 4 members (excludes halogenated alkanes) is 5. The molecule has 0 amide bonds. The second-order valence-electron chi connectivity index (χ2n) is 4.99. The number of hydrogen-bond acceptors (Lipinski definition) is 2. The van der Waals surface area contributed by atoms with Gasteiger partial charge in [-0.15, -0.1) is 0 Å². The molecule has 0 radical (unpaired) electrons. The molecule has 1 rings (SSSR count). The van der Waals surface area contributed by atoms with Crippen LogP contribution in [0.15, 0.2) is 16.6 Å². The van der Waals surface area contributed by atoms with E-state index < -0.39 is 0 Å². The van der Waals surface area contributed by atoms with E-state index in [2.05, 4.69) is 22.9 Å². The van der Waals surface area contributed by atoms with E-state index in [1.807, 2.05) is 19.1 Å². The zero-order chi connectivity index (χ0) is 14.1. The topological polar surface area (TPSA) is 29.5 Å². The fourth-order valence-corrected chi connectivity index (χ4v) is 2.80. The second kappa shape index (κ2) is 9.38. The summed E-state index contributed by atoms with van der Waals surface area (Å²) in [5, 5.41) is 9.37. The molecule has 108 valence electrons. The van der Waals surface area contributed by atoms with Crippen LogP contribution in [0.3, 0.4) is 0 Å². The van der Waals surface area contributed by atoms with Crippen LogP contribution in [0.5, 0.6) is 5.75 Å². The quantitative estimate of drug-likeness (QED) is 0.647. The van der Waals surface area contributed by atoms with Crippen molar-refractivity contribution < 1.29 is 9.84 Å². The van der Waals surface area contributed by atoms with Gasteiger partial charge in [0.05, 0.1) is 13.2 Å². The average molecular weight is 329 g/mol. The highest BCUT2D eigenvalue weighted by molar-refractivity contribution is 9.10. The molecule has 0 saturated carbocycles. The van der Waals surface area contributed by atoms with Crippen molar-refractivity contribution in [1.82, 2.24) is 0 Å². The van der Waals surface area contributed by atoms with Crippen LogP contribution in [0.25, 0.3) is 0 Å². The molecule has 1 aromatic rings. The number of aliphatic hydroxyl groups excluding tert-OH is 1. The minimum Gasteiger partial charge on any atom is -0.493 e. The molecule has 1 N–H and O–H groups in total.